The van der Waals surface area contributed by atoms with E-state index >= 15 is 0 Å². The summed E-state index contributed by atoms with van der Waals surface area (Å²) in [6.45, 7) is 5.00. The summed E-state index contributed by atoms with van der Waals surface area (Å²) in [5.74, 6) is 0.768. The molecule has 0 saturated carbocycles. The second kappa shape index (κ2) is 9.58. The van der Waals surface area contributed by atoms with Gasteiger partial charge in [0.1, 0.15) is 12.4 Å². The summed E-state index contributed by atoms with van der Waals surface area (Å²) in [5.41, 5.74) is 11.7. The fourth-order valence-electron chi connectivity index (χ4n) is 3.94. The minimum atomic E-state index is -3.37. The van der Waals surface area contributed by atoms with E-state index in [0.29, 0.717) is 18.0 Å². The summed E-state index contributed by atoms with van der Waals surface area (Å²) >= 11 is 0. The van der Waals surface area contributed by atoms with E-state index in [0.717, 1.165) is 46.4 Å². The summed E-state index contributed by atoms with van der Waals surface area (Å²) in [6, 6.07) is 23.4. The molecule has 172 valence electrons. The molecule has 0 unspecified atom stereocenters. The summed E-state index contributed by atoms with van der Waals surface area (Å²) in [5, 5.41) is 0.920. The largest absolute Gasteiger partial charge is 0.489 e. The fourth-order valence-corrected chi connectivity index (χ4v) is 4.57. The molecule has 0 aliphatic heterocycles. The summed E-state index contributed by atoms with van der Waals surface area (Å²) in [6.07, 6.45) is 0.935. The van der Waals surface area contributed by atoms with E-state index < -0.39 is 10.0 Å². The zero-order chi connectivity index (χ0) is 23.4. The molecule has 1 aromatic heterocycles. The van der Waals surface area contributed by atoms with Crippen molar-refractivity contribution in [1.82, 2.24) is 4.57 Å². The van der Waals surface area contributed by atoms with Crippen molar-refractivity contribution >= 4 is 32.3 Å². The lowest BCUT2D eigenvalue weighted by molar-refractivity contribution is 0.306. The van der Waals surface area contributed by atoms with Crippen molar-refractivity contribution in [3.05, 3.63) is 78.4 Å². The van der Waals surface area contributed by atoms with Crippen molar-refractivity contribution in [3.8, 4) is 17.0 Å². The Labute approximate surface area is 195 Å². The molecule has 0 atom stereocenters. The second-order valence-electron chi connectivity index (χ2n) is 7.95. The Balaban J connectivity index is 1.73. The zero-order valence-electron chi connectivity index (χ0n) is 18.9. The Morgan fingerprint density at radius 3 is 2.48 bits per heavy atom. The van der Waals surface area contributed by atoms with Crippen molar-refractivity contribution in [2.24, 2.45) is 0 Å². The van der Waals surface area contributed by atoms with Gasteiger partial charge in [-0.2, -0.15) is 0 Å². The SMILES string of the molecule is CCCn1c(-c2cccc(NS(=O)(=O)CC)c2)c(N)c2cc(OCc3ccccc3)ccc21. The molecule has 0 bridgehead atoms. The van der Waals surface area contributed by atoms with Gasteiger partial charge >= 0.3 is 0 Å². The summed E-state index contributed by atoms with van der Waals surface area (Å²) < 4.78 is 34.9. The lowest BCUT2D eigenvalue weighted by Gasteiger charge is -2.12. The van der Waals surface area contributed by atoms with Gasteiger partial charge in [-0.1, -0.05) is 49.4 Å². The maximum atomic E-state index is 12.0. The van der Waals surface area contributed by atoms with Gasteiger partial charge in [-0.3, -0.25) is 4.72 Å². The maximum Gasteiger partial charge on any atom is 0.232 e. The number of rotatable bonds is 9. The zero-order valence-corrected chi connectivity index (χ0v) is 19.7. The number of ether oxygens (including phenoxy) is 1. The molecule has 0 fully saturated rings. The van der Waals surface area contributed by atoms with Gasteiger partial charge in [0.2, 0.25) is 10.0 Å². The van der Waals surface area contributed by atoms with Crippen LogP contribution in [0.2, 0.25) is 0 Å². The lowest BCUT2D eigenvalue weighted by Crippen LogP contribution is -2.14. The number of fused-ring (bicyclic) bond motifs is 1. The topological polar surface area (TPSA) is 86.4 Å². The van der Waals surface area contributed by atoms with E-state index in [2.05, 4.69) is 16.2 Å². The van der Waals surface area contributed by atoms with E-state index in [-0.39, 0.29) is 5.75 Å². The van der Waals surface area contributed by atoms with Gasteiger partial charge in [0.25, 0.3) is 0 Å². The van der Waals surface area contributed by atoms with Crippen LogP contribution in [0.3, 0.4) is 0 Å². The number of anilines is 2. The number of hydrogen-bond acceptors (Lipinski definition) is 4. The van der Waals surface area contributed by atoms with Crippen LogP contribution in [0, 0.1) is 0 Å². The molecule has 33 heavy (non-hydrogen) atoms. The Morgan fingerprint density at radius 2 is 1.76 bits per heavy atom. The standard InChI is InChI=1S/C26H29N3O3S/c1-3-15-29-24-14-13-22(32-18-19-9-6-5-7-10-19)17-23(24)25(27)26(29)20-11-8-12-21(16-20)28-33(30,31)4-2/h5-14,16-17,28H,3-4,15,18,27H2,1-2H3. The average molecular weight is 464 g/mol. The van der Waals surface area contributed by atoms with Gasteiger partial charge < -0.3 is 15.0 Å². The van der Waals surface area contributed by atoms with Crippen LogP contribution in [0.15, 0.2) is 72.8 Å². The molecule has 4 rings (SSSR count). The molecule has 3 aromatic carbocycles. The minimum absolute atomic E-state index is 0.0151. The average Bonchev–Trinajstić information content (AvgIpc) is 3.09. The Kier molecular flexibility index (Phi) is 6.60. The first-order valence-electron chi connectivity index (χ1n) is 11.1. The quantitative estimate of drug-likeness (QED) is 0.336. The van der Waals surface area contributed by atoms with Crippen LogP contribution < -0.4 is 15.2 Å². The van der Waals surface area contributed by atoms with Crippen LogP contribution in [0.1, 0.15) is 25.8 Å². The second-order valence-corrected chi connectivity index (χ2v) is 9.96. The molecule has 0 amide bonds. The van der Waals surface area contributed by atoms with E-state index in [9.17, 15) is 8.42 Å². The molecule has 0 aliphatic rings. The Hall–Kier alpha value is -3.45. The number of nitrogens with zero attached hydrogens (tertiary/aromatic N) is 1. The highest BCUT2D eigenvalue weighted by Gasteiger charge is 2.18. The Morgan fingerprint density at radius 1 is 0.970 bits per heavy atom. The maximum absolute atomic E-state index is 12.0. The van der Waals surface area contributed by atoms with E-state index in [4.69, 9.17) is 10.5 Å². The molecule has 1 heterocycles. The van der Waals surface area contributed by atoms with Gasteiger partial charge in [-0.15, -0.1) is 0 Å². The molecular weight excluding hydrogens is 434 g/mol. The van der Waals surface area contributed by atoms with Crippen molar-refractivity contribution in [2.75, 3.05) is 16.2 Å². The Bertz CT molecular complexity index is 1360. The lowest BCUT2D eigenvalue weighted by atomic mass is 10.1. The van der Waals surface area contributed by atoms with E-state index in [1.54, 1.807) is 13.0 Å². The highest BCUT2D eigenvalue weighted by Crippen LogP contribution is 2.39. The third-order valence-electron chi connectivity index (χ3n) is 5.56. The van der Waals surface area contributed by atoms with Crippen LogP contribution in [0.25, 0.3) is 22.2 Å². The number of aromatic nitrogens is 1. The van der Waals surface area contributed by atoms with Crippen molar-refractivity contribution in [3.63, 3.8) is 0 Å². The number of benzene rings is 3. The first-order valence-corrected chi connectivity index (χ1v) is 12.8. The molecule has 3 N–H and O–H groups in total. The van der Waals surface area contributed by atoms with Crippen molar-refractivity contribution in [2.45, 2.75) is 33.4 Å². The van der Waals surface area contributed by atoms with E-state index in [1.165, 1.54) is 0 Å². The highest BCUT2D eigenvalue weighted by atomic mass is 32.2. The van der Waals surface area contributed by atoms with Gasteiger partial charge in [-0.25, -0.2) is 8.42 Å². The van der Waals surface area contributed by atoms with Crippen LogP contribution in [-0.2, 0) is 23.2 Å². The number of nitrogens with one attached hydrogen (secondary N) is 1. The number of nitrogens with two attached hydrogens (primary N) is 1. The molecule has 0 aliphatic carbocycles. The predicted octanol–water partition coefficient (Wildman–Crippen LogP) is 5.64. The summed E-state index contributed by atoms with van der Waals surface area (Å²) in [4.78, 5) is 0. The number of nitrogen functional groups attached to an aromatic ring is 1. The predicted molar refractivity (Wildman–Crippen MR) is 136 cm³/mol. The number of sulfonamides is 1. The smallest absolute Gasteiger partial charge is 0.232 e. The molecule has 6 nitrogen and oxygen atoms in total. The monoisotopic (exact) mass is 463 g/mol. The first-order chi connectivity index (χ1) is 15.9. The van der Waals surface area contributed by atoms with Crippen LogP contribution in [0.4, 0.5) is 11.4 Å². The molecule has 0 saturated heterocycles. The van der Waals surface area contributed by atoms with Gasteiger partial charge in [0.15, 0.2) is 0 Å². The van der Waals surface area contributed by atoms with Gasteiger partial charge in [0.05, 0.1) is 22.7 Å². The molecule has 0 radical (unpaired) electrons. The highest BCUT2D eigenvalue weighted by molar-refractivity contribution is 7.92. The molecule has 4 aromatic rings. The van der Waals surface area contributed by atoms with Gasteiger partial charge in [0, 0.05) is 23.2 Å². The number of aryl methyl sites for hydroxylation is 1. The summed E-state index contributed by atoms with van der Waals surface area (Å²) in [7, 11) is -3.37. The van der Waals surface area contributed by atoms with Crippen LogP contribution in [0.5, 0.6) is 5.75 Å². The molecule has 0 spiro atoms. The third kappa shape index (κ3) is 4.98. The normalized spacial score (nSPS) is 11.6. The van der Waals surface area contributed by atoms with Gasteiger partial charge in [-0.05, 0) is 49.2 Å². The van der Waals surface area contributed by atoms with Crippen molar-refractivity contribution < 1.29 is 13.2 Å². The van der Waals surface area contributed by atoms with Crippen molar-refractivity contribution in [1.29, 1.82) is 0 Å². The molecular formula is C26H29N3O3S. The van der Waals surface area contributed by atoms with E-state index in [1.807, 2.05) is 66.7 Å². The van der Waals surface area contributed by atoms with Crippen LogP contribution in [-0.4, -0.2) is 18.7 Å². The third-order valence-corrected chi connectivity index (χ3v) is 6.87. The van der Waals surface area contributed by atoms with Crippen LogP contribution >= 0.6 is 0 Å². The molecule has 7 heteroatoms. The minimum Gasteiger partial charge on any atom is -0.489 e. The number of hydrogen-bond donors (Lipinski definition) is 2. The first kappa shape index (κ1) is 22.7. The fraction of sp³-hybridized carbons (Fsp3) is 0.231.